The molecule has 0 saturated heterocycles. The minimum Gasteiger partial charge on any atom is -0.493 e. The molecule has 4 aromatic rings. The third kappa shape index (κ3) is 4.81. The van der Waals surface area contributed by atoms with Crippen LogP contribution in [0.25, 0.3) is 0 Å². The third-order valence-electron chi connectivity index (χ3n) is 7.73. The van der Waals surface area contributed by atoms with Crippen molar-refractivity contribution in [1.82, 2.24) is 0 Å². The van der Waals surface area contributed by atoms with Crippen LogP contribution in [0.5, 0.6) is 11.5 Å². The van der Waals surface area contributed by atoms with Crippen molar-refractivity contribution < 1.29 is 13.9 Å². The highest BCUT2D eigenvalue weighted by atomic mass is 28.4. The van der Waals surface area contributed by atoms with Gasteiger partial charge in [-0.3, -0.25) is 4.99 Å². The van der Waals surface area contributed by atoms with Crippen molar-refractivity contribution in [3.05, 3.63) is 120 Å². The predicted molar refractivity (Wildman–Crippen MR) is 162 cm³/mol. The van der Waals surface area contributed by atoms with E-state index in [-0.39, 0.29) is 17.2 Å². The Labute approximate surface area is 233 Å². The molecule has 0 saturated carbocycles. The van der Waals surface area contributed by atoms with Crippen molar-refractivity contribution in [2.45, 2.75) is 44.9 Å². The van der Waals surface area contributed by atoms with Crippen LogP contribution >= 0.6 is 0 Å². The first-order valence-corrected chi connectivity index (χ1v) is 15.4. The van der Waals surface area contributed by atoms with Gasteiger partial charge in [0, 0.05) is 11.3 Å². The summed E-state index contributed by atoms with van der Waals surface area (Å²) in [6, 6.07) is 36.0. The molecule has 0 aromatic heterocycles. The van der Waals surface area contributed by atoms with Gasteiger partial charge in [-0.05, 0) is 45.6 Å². The first kappa shape index (κ1) is 26.9. The normalized spacial score (nSPS) is 17.2. The number of nitrogens with zero attached hydrogens (tertiary/aromatic N) is 1. The Morgan fingerprint density at radius 3 is 1.67 bits per heavy atom. The van der Waals surface area contributed by atoms with E-state index in [1.54, 1.807) is 14.2 Å². The van der Waals surface area contributed by atoms with Crippen LogP contribution in [0, 0.1) is 0 Å². The Morgan fingerprint density at radius 1 is 0.692 bits per heavy atom. The zero-order valence-corrected chi connectivity index (χ0v) is 24.6. The number of rotatable bonds is 7. The van der Waals surface area contributed by atoms with Crippen LogP contribution in [0.15, 0.2) is 108 Å². The topological polar surface area (TPSA) is 40.0 Å². The van der Waals surface area contributed by atoms with Crippen molar-refractivity contribution in [2.75, 3.05) is 14.2 Å². The van der Waals surface area contributed by atoms with E-state index in [1.807, 2.05) is 12.1 Å². The van der Waals surface area contributed by atoms with Gasteiger partial charge in [-0.2, -0.15) is 0 Å². The molecule has 0 spiro atoms. The van der Waals surface area contributed by atoms with Crippen LogP contribution in [0.1, 0.15) is 56.5 Å². The van der Waals surface area contributed by atoms with E-state index in [2.05, 4.69) is 119 Å². The SMILES string of the molecule is COc1cc2c(cc1OC)[C@@H](O[Si](c1ccccc1)(c1ccccc1)C(C)(C)C)[C@H](c1ccccc1)N=C2C. The first-order chi connectivity index (χ1) is 18.8. The summed E-state index contributed by atoms with van der Waals surface area (Å²) in [6.07, 6.45) is -0.336. The van der Waals surface area contributed by atoms with E-state index in [4.69, 9.17) is 18.9 Å². The molecule has 39 heavy (non-hydrogen) atoms. The fourth-order valence-corrected chi connectivity index (χ4v) is 10.5. The standard InChI is InChI=1S/C34H37NO3Si/c1-24-28-22-30(36-5)31(37-6)23-29(28)33(32(35-24)25-16-10-7-11-17-25)38-39(34(2,3)4,26-18-12-8-13-19-26)27-20-14-9-15-21-27/h7-23,32-33H,1-6H3/t32-,33+/m0/s1. The summed E-state index contributed by atoms with van der Waals surface area (Å²) in [7, 11) is 0.458. The van der Waals surface area contributed by atoms with Crippen molar-refractivity contribution >= 4 is 24.4 Å². The lowest BCUT2D eigenvalue weighted by molar-refractivity contribution is 0.158. The molecule has 1 heterocycles. The molecule has 1 aliphatic rings. The average molecular weight is 536 g/mol. The maximum Gasteiger partial charge on any atom is 0.262 e. The fraction of sp³-hybridized carbons (Fsp3) is 0.265. The van der Waals surface area contributed by atoms with Gasteiger partial charge in [0.25, 0.3) is 8.32 Å². The zero-order valence-electron chi connectivity index (χ0n) is 23.6. The van der Waals surface area contributed by atoms with Gasteiger partial charge in [-0.15, -0.1) is 0 Å². The number of methoxy groups -OCH3 is 2. The summed E-state index contributed by atoms with van der Waals surface area (Å²) in [5.74, 6) is 1.38. The van der Waals surface area contributed by atoms with Gasteiger partial charge in [0.2, 0.25) is 0 Å². The summed E-state index contributed by atoms with van der Waals surface area (Å²) < 4.78 is 19.2. The molecule has 0 bridgehead atoms. The molecule has 0 unspecified atom stereocenters. The Bertz CT molecular complexity index is 1410. The maximum absolute atomic E-state index is 7.77. The van der Waals surface area contributed by atoms with Crippen LogP contribution in [0.2, 0.25) is 5.04 Å². The summed E-state index contributed by atoms with van der Waals surface area (Å²) in [6.45, 7) is 9.00. The summed E-state index contributed by atoms with van der Waals surface area (Å²) in [5.41, 5.74) is 4.19. The van der Waals surface area contributed by atoms with Crippen LogP contribution in [-0.4, -0.2) is 28.2 Å². The highest BCUT2D eigenvalue weighted by Crippen LogP contribution is 2.49. The van der Waals surface area contributed by atoms with Crippen molar-refractivity contribution in [3.8, 4) is 11.5 Å². The van der Waals surface area contributed by atoms with Gasteiger partial charge >= 0.3 is 0 Å². The largest absolute Gasteiger partial charge is 0.493 e. The quantitative estimate of drug-likeness (QED) is 0.242. The molecule has 0 radical (unpaired) electrons. The maximum atomic E-state index is 7.77. The lowest BCUT2D eigenvalue weighted by Crippen LogP contribution is -2.67. The molecule has 4 nitrogen and oxygen atoms in total. The highest BCUT2D eigenvalue weighted by Gasteiger charge is 2.53. The molecule has 0 aliphatic carbocycles. The van der Waals surface area contributed by atoms with E-state index in [9.17, 15) is 0 Å². The van der Waals surface area contributed by atoms with Gasteiger partial charge < -0.3 is 13.9 Å². The first-order valence-electron chi connectivity index (χ1n) is 13.4. The molecule has 1 aliphatic heterocycles. The van der Waals surface area contributed by atoms with Crippen molar-refractivity contribution in [3.63, 3.8) is 0 Å². The zero-order chi connectivity index (χ0) is 27.6. The molecular weight excluding hydrogens is 498 g/mol. The number of fused-ring (bicyclic) bond motifs is 1. The Balaban J connectivity index is 1.80. The second kappa shape index (κ2) is 10.8. The van der Waals surface area contributed by atoms with Crippen molar-refractivity contribution in [1.29, 1.82) is 0 Å². The second-order valence-corrected chi connectivity index (χ2v) is 15.3. The molecule has 5 heteroatoms. The van der Waals surface area contributed by atoms with Gasteiger partial charge in [0.05, 0.1) is 20.3 Å². The molecule has 4 aromatic carbocycles. The molecular formula is C34H37NO3Si. The number of ether oxygens (including phenoxy) is 2. The average Bonchev–Trinajstić information content (AvgIpc) is 2.96. The number of hydrogen-bond donors (Lipinski definition) is 0. The third-order valence-corrected chi connectivity index (χ3v) is 12.7. The van der Waals surface area contributed by atoms with Gasteiger partial charge in [-0.25, -0.2) is 0 Å². The summed E-state index contributed by atoms with van der Waals surface area (Å²) in [5, 5.41) is 2.30. The van der Waals surface area contributed by atoms with E-state index in [1.165, 1.54) is 10.4 Å². The lowest BCUT2D eigenvalue weighted by atomic mass is 9.88. The number of aliphatic imine (C=N–C) groups is 1. The Hall–Kier alpha value is -3.67. The fourth-order valence-electron chi connectivity index (χ4n) is 5.87. The second-order valence-electron chi connectivity index (χ2n) is 11.1. The van der Waals surface area contributed by atoms with E-state index in [0.29, 0.717) is 11.5 Å². The van der Waals surface area contributed by atoms with Crippen molar-refractivity contribution in [2.24, 2.45) is 4.99 Å². The van der Waals surface area contributed by atoms with Crippen LogP contribution < -0.4 is 19.8 Å². The van der Waals surface area contributed by atoms with Crippen LogP contribution in [-0.2, 0) is 4.43 Å². The van der Waals surface area contributed by atoms with Gasteiger partial charge in [0.1, 0.15) is 6.04 Å². The van der Waals surface area contributed by atoms with E-state index in [0.717, 1.165) is 22.4 Å². The molecule has 0 fully saturated rings. The summed E-state index contributed by atoms with van der Waals surface area (Å²) in [4.78, 5) is 5.28. The smallest absolute Gasteiger partial charge is 0.262 e. The number of benzene rings is 4. The summed E-state index contributed by atoms with van der Waals surface area (Å²) >= 11 is 0. The minimum atomic E-state index is -2.89. The molecule has 2 atom stereocenters. The van der Waals surface area contributed by atoms with E-state index >= 15 is 0 Å². The molecule has 0 N–H and O–H groups in total. The van der Waals surface area contributed by atoms with Gasteiger partial charge in [-0.1, -0.05) is 112 Å². The molecule has 0 amide bonds. The van der Waals surface area contributed by atoms with Crippen LogP contribution in [0.3, 0.4) is 0 Å². The predicted octanol–water partition coefficient (Wildman–Crippen LogP) is 6.89. The monoisotopic (exact) mass is 535 g/mol. The Kier molecular flexibility index (Phi) is 7.48. The van der Waals surface area contributed by atoms with Gasteiger partial charge in [0.15, 0.2) is 11.5 Å². The lowest BCUT2D eigenvalue weighted by Gasteiger charge is -2.47. The molecule has 5 rings (SSSR count). The Morgan fingerprint density at radius 2 is 1.18 bits per heavy atom. The highest BCUT2D eigenvalue weighted by molar-refractivity contribution is 6.99. The number of hydrogen-bond acceptors (Lipinski definition) is 4. The molecule has 200 valence electrons. The minimum absolute atomic E-state index is 0.177. The van der Waals surface area contributed by atoms with E-state index < -0.39 is 8.32 Å². The van der Waals surface area contributed by atoms with Crippen LogP contribution in [0.4, 0.5) is 0 Å².